The van der Waals surface area contributed by atoms with Crippen LogP contribution < -0.4 is 4.74 Å². The number of alkyl halides is 4. The highest BCUT2D eigenvalue weighted by atomic mass is 79.9. The molecule has 0 fully saturated rings. The second-order valence-electron chi connectivity index (χ2n) is 6.28. The summed E-state index contributed by atoms with van der Waals surface area (Å²) in [6, 6.07) is 12.9. The van der Waals surface area contributed by atoms with Crippen LogP contribution in [-0.2, 0) is 6.61 Å². The maximum atomic E-state index is 13.3. The molecule has 0 unspecified atom stereocenters. The first-order chi connectivity index (χ1) is 13.7. The van der Waals surface area contributed by atoms with Gasteiger partial charge in [0.1, 0.15) is 18.1 Å². The first-order valence-electron chi connectivity index (χ1n) is 8.39. The van der Waals surface area contributed by atoms with Crippen LogP contribution in [0.5, 0.6) is 5.75 Å². The van der Waals surface area contributed by atoms with Crippen molar-refractivity contribution in [1.29, 1.82) is 0 Å². The molecule has 1 amide bonds. The third-order valence-electron chi connectivity index (χ3n) is 4.26. The summed E-state index contributed by atoms with van der Waals surface area (Å²) in [6.07, 6.45) is -7.75. The van der Waals surface area contributed by atoms with Crippen molar-refractivity contribution < 1.29 is 32.2 Å². The van der Waals surface area contributed by atoms with Gasteiger partial charge in [-0.2, -0.15) is 10.1 Å². The number of carbonyl (C=O) groups excluding carboxylic acids is 1. The number of hydrogen-bond acceptors (Lipinski definition) is 4. The van der Waals surface area contributed by atoms with E-state index in [2.05, 4.69) is 21.0 Å². The van der Waals surface area contributed by atoms with Crippen molar-refractivity contribution in [2.45, 2.75) is 31.6 Å². The number of rotatable bonds is 6. The zero-order chi connectivity index (χ0) is 21.2. The van der Waals surface area contributed by atoms with Gasteiger partial charge in [0.2, 0.25) is 5.72 Å². The van der Waals surface area contributed by atoms with E-state index in [4.69, 9.17) is 4.74 Å². The van der Waals surface area contributed by atoms with Crippen LogP contribution in [0, 0.1) is 0 Å². The fraction of sp³-hybridized carbons (Fsp3) is 0.263. The van der Waals surface area contributed by atoms with Gasteiger partial charge in [-0.05, 0) is 45.8 Å². The fourth-order valence-corrected chi connectivity index (χ4v) is 3.09. The quantitative estimate of drug-likeness (QED) is 0.629. The van der Waals surface area contributed by atoms with E-state index in [1.54, 1.807) is 12.1 Å². The minimum Gasteiger partial charge on any atom is -0.488 e. The predicted octanol–water partition coefficient (Wildman–Crippen LogP) is 4.45. The first-order valence-corrected chi connectivity index (χ1v) is 9.18. The number of para-hydroxylation sites is 1. The van der Waals surface area contributed by atoms with E-state index < -0.39 is 36.6 Å². The molecule has 154 valence electrons. The molecule has 29 heavy (non-hydrogen) atoms. The van der Waals surface area contributed by atoms with Crippen molar-refractivity contribution in [3.8, 4) is 5.75 Å². The van der Waals surface area contributed by atoms with Crippen molar-refractivity contribution in [2.24, 2.45) is 5.10 Å². The van der Waals surface area contributed by atoms with E-state index in [-0.39, 0.29) is 17.2 Å². The van der Waals surface area contributed by atoms with E-state index in [0.717, 1.165) is 4.47 Å². The lowest BCUT2D eigenvalue weighted by Crippen LogP contribution is -2.51. The van der Waals surface area contributed by atoms with Crippen LogP contribution in [0.1, 0.15) is 22.3 Å². The van der Waals surface area contributed by atoms with Crippen LogP contribution in [0.3, 0.4) is 0 Å². The molecule has 0 bridgehead atoms. The maximum Gasteiger partial charge on any atom is 0.287 e. The van der Waals surface area contributed by atoms with Crippen LogP contribution in [0.4, 0.5) is 17.6 Å². The predicted molar refractivity (Wildman–Crippen MR) is 100 cm³/mol. The molecule has 5 nitrogen and oxygen atoms in total. The number of hydrazone groups is 1. The Morgan fingerprint density at radius 3 is 2.41 bits per heavy atom. The highest BCUT2D eigenvalue weighted by Gasteiger charge is 2.53. The average Bonchev–Trinajstić information content (AvgIpc) is 3.07. The second kappa shape index (κ2) is 8.50. The minimum absolute atomic E-state index is 0.0335. The third-order valence-corrected chi connectivity index (χ3v) is 4.92. The normalized spacial score (nSPS) is 19.0. The van der Waals surface area contributed by atoms with Crippen molar-refractivity contribution in [2.75, 3.05) is 0 Å². The molecule has 0 saturated carbocycles. The summed E-state index contributed by atoms with van der Waals surface area (Å²) in [7, 11) is 0. The number of ether oxygens (including phenoxy) is 1. The van der Waals surface area contributed by atoms with Gasteiger partial charge in [0.15, 0.2) is 0 Å². The Balaban J connectivity index is 1.75. The molecule has 0 saturated heterocycles. The second-order valence-corrected chi connectivity index (χ2v) is 7.14. The zero-order valence-electron chi connectivity index (χ0n) is 14.7. The molecule has 3 rings (SSSR count). The van der Waals surface area contributed by atoms with Crippen LogP contribution in [0.25, 0.3) is 0 Å². The van der Waals surface area contributed by atoms with Crippen molar-refractivity contribution in [3.63, 3.8) is 0 Å². The summed E-state index contributed by atoms with van der Waals surface area (Å²) < 4.78 is 58.6. The molecule has 2 aromatic rings. The summed E-state index contributed by atoms with van der Waals surface area (Å²) >= 11 is 3.35. The lowest BCUT2D eigenvalue weighted by Gasteiger charge is -2.30. The summed E-state index contributed by atoms with van der Waals surface area (Å²) in [5.41, 5.74) is -3.49. The number of nitrogens with zero attached hydrogens (tertiary/aromatic N) is 2. The molecular formula is C19H15BrF4N2O3. The van der Waals surface area contributed by atoms with Gasteiger partial charge in [-0.3, -0.25) is 4.79 Å². The highest BCUT2D eigenvalue weighted by molar-refractivity contribution is 9.10. The monoisotopic (exact) mass is 474 g/mol. The van der Waals surface area contributed by atoms with Crippen LogP contribution >= 0.6 is 15.9 Å². The fourth-order valence-electron chi connectivity index (χ4n) is 2.69. The summed E-state index contributed by atoms with van der Waals surface area (Å²) in [6.45, 7) is 0.176. The Morgan fingerprint density at radius 1 is 1.17 bits per heavy atom. The molecule has 2 aromatic carbocycles. The molecule has 0 aliphatic carbocycles. The molecule has 1 atom stereocenters. The van der Waals surface area contributed by atoms with E-state index in [1.807, 2.05) is 12.1 Å². The van der Waals surface area contributed by atoms with Gasteiger partial charge < -0.3 is 9.84 Å². The standard InChI is InChI=1S/C19H15BrF4N2O3/c20-13-3-1-2-4-15(13)29-10-11-5-7-12(8-6-11)17(27)26-19(28,18(23)24)9-14(25-26)16(21)22/h1-8,16,18,28H,9-10H2/t19-/m1/s1. The van der Waals surface area contributed by atoms with Crippen LogP contribution in [0.2, 0.25) is 0 Å². The Hall–Kier alpha value is -2.46. The van der Waals surface area contributed by atoms with Gasteiger partial charge in [-0.25, -0.2) is 17.6 Å². The molecule has 0 aromatic heterocycles. The van der Waals surface area contributed by atoms with Gasteiger partial charge in [0.05, 0.1) is 4.47 Å². The Morgan fingerprint density at radius 2 is 1.83 bits per heavy atom. The van der Waals surface area contributed by atoms with Crippen molar-refractivity contribution in [1.82, 2.24) is 5.01 Å². The topological polar surface area (TPSA) is 62.1 Å². The third kappa shape index (κ3) is 4.43. The van der Waals surface area contributed by atoms with Crippen LogP contribution in [-0.4, -0.2) is 40.3 Å². The van der Waals surface area contributed by atoms with Gasteiger partial charge in [0.25, 0.3) is 18.8 Å². The zero-order valence-corrected chi connectivity index (χ0v) is 16.3. The maximum absolute atomic E-state index is 13.3. The van der Waals surface area contributed by atoms with E-state index in [0.29, 0.717) is 11.3 Å². The van der Waals surface area contributed by atoms with Gasteiger partial charge in [-0.15, -0.1) is 0 Å². The summed E-state index contributed by atoms with van der Waals surface area (Å²) in [5.74, 6) is -0.498. The number of aliphatic hydroxyl groups is 1. The number of halogens is 5. The SMILES string of the molecule is O=C(c1ccc(COc2ccccc2Br)cc1)N1N=C(C(F)F)C[C@@]1(O)C(F)F. The first kappa shape index (κ1) is 21.3. The highest BCUT2D eigenvalue weighted by Crippen LogP contribution is 2.34. The lowest BCUT2D eigenvalue weighted by molar-refractivity contribution is -0.164. The van der Waals surface area contributed by atoms with Gasteiger partial charge >= 0.3 is 0 Å². The lowest BCUT2D eigenvalue weighted by atomic mass is 10.1. The van der Waals surface area contributed by atoms with Gasteiger partial charge in [0, 0.05) is 12.0 Å². The Kier molecular flexibility index (Phi) is 6.23. The smallest absolute Gasteiger partial charge is 0.287 e. The molecule has 1 N–H and O–H groups in total. The van der Waals surface area contributed by atoms with Crippen molar-refractivity contribution >= 4 is 27.5 Å². The molecule has 0 radical (unpaired) electrons. The largest absolute Gasteiger partial charge is 0.488 e. The van der Waals surface area contributed by atoms with Gasteiger partial charge in [-0.1, -0.05) is 24.3 Å². The Bertz CT molecular complexity index is 924. The average molecular weight is 475 g/mol. The van der Waals surface area contributed by atoms with Crippen molar-refractivity contribution in [3.05, 3.63) is 64.1 Å². The van der Waals surface area contributed by atoms with Crippen LogP contribution in [0.15, 0.2) is 58.1 Å². The van der Waals surface area contributed by atoms with E-state index in [9.17, 15) is 27.5 Å². The summed E-state index contributed by atoms with van der Waals surface area (Å²) in [4.78, 5) is 12.5. The number of benzene rings is 2. The minimum atomic E-state index is -3.47. The molecule has 1 heterocycles. The molecule has 1 aliphatic rings. The number of amides is 1. The Labute approximate surface area is 171 Å². The number of hydrogen-bond donors (Lipinski definition) is 1. The molecule has 10 heteroatoms. The molecule has 0 spiro atoms. The number of carbonyl (C=O) groups is 1. The molecular weight excluding hydrogens is 460 g/mol. The van der Waals surface area contributed by atoms with E-state index in [1.165, 1.54) is 24.3 Å². The summed E-state index contributed by atoms with van der Waals surface area (Å²) in [5, 5.41) is 13.3. The molecule has 1 aliphatic heterocycles. The van der Waals surface area contributed by atoms with E-state index >= 15 is 0 Å².